The zero-order valence-corrected chi connectivity index (χ0v) is 12.0. The molecule has 3 N–H and O–H groups in total. The molecule has 1 aromatic rings. The molecule has 6 heteroatoms. The third-order valence-corrected chi connectivity index (χ3v) is 2.30. The third-order valence-electron chi connectivity index (χ3n) is 2.30. The fourth-order valence-corrected chi connectivity index (χ4v) is 1.53. The summed E-state index contributed by atoms with van der Waals surface area (Å²) in [6, 6.07) is 1.62. The van der Waals surface area contributed by atoms with Crippen molar-refractivity contribution in [2.24, 2.45) is 5.10 Å². The zero-order chi connectivity index (χ0) is 15.5. The molecule has 0 aliphatic rings. The molecule has 0 aliphatic heterocycles. The molecule has 0 amide bonds. The van der Waals surface area contributed by atoms with Gasteiger partial charge in [0, 0.05) is 17.2 Å². The van der Waals surface area contributed by atoms with E-state index in [1.807, 2.05) is 20.8 Å². The van der Waals surface area contributed by atoms with Crippen molar-refractivity contribution in [1.29, 1.82) is 0 Å². The molecule has 0 saturated heterocycles. The number of hydrazone groups is 1. The summed E-state index contributed by atoms with van der Waals surface area (Å²) in [6.07, 6.45) is 0. The van der Waals surface area contributed by atoms with Gasteiger partial charge in [-0.05, 0) is 33.8 Å². The molecule has 0 atom stereocenters. The van der Waals surface area contributed by atoms with Crippen LogP contribution in [-0.4, -0.2) is 16.4 Å². The van der Waals surface area contributed by atoms with Crippen LogP contribution < -0.4 is 10.7 Å². The number of benzene rings is 1. The van der Waals surface area contributed by atoms with Crippen molar-refractivity contribution in [2.75, 3.05) is 0 Å². The minimum atomic E-state index is -1.03. The first-order valence-corrected chi connectivity index (χ1v) is 6.06. The van der Waals surface area contributed by atoms with Crippen molar-refractivity contribution in [3.8, 4) is 5.75 Å². The lowest BCUT2D eigenvalue weighted by molar-refractivity contribution is 0.426. The SMILES string of the molecule is C=C(N/N=C(\C)c1cc(F)cc(F)c1O)NC(C)(C)C. The molecule has 0 aromatic heterocycles. The van der Waals surface area contributed by atoms with E-state index in [0.29, 0.717) is 11.9 Å². The van der Waals surface area contributed by atoms with Crippen LogP contribution in [0.15, 0.2) is 29.6 Å². The van der Waals surface area contributed by atoms with Gasteiger partial charge >= 0.3 is 0 Å². The molecule has 110 valence electrons. The Bertz CT molecular complexity index is 548. The Hall–Kier alpha value is -2.11. The molecule has 0 bridgehead atoms. The lowest BCUT2D eigenvalue weighted by Gasteiger charge is -2.23. The van der Waals surface area contributed by atoms with Crippen molar-refractivity contribution >= 4 is 5.71 Å². The normalized spacial score (nSPS) is 12.2. The van der Waals surface area contributed by atoms with Gasteiger partial charge in [-0.15, -0.1) is 0 Å². The summed E-state index contributed by atoms with van der Waals surface area (Å²) in [5, 5.41) is 16.5. The standard InChI is InChI=1S/C14H19F2N3O/c1-8(18-19-9(2)17-14(3,4)5)11-6-10(15)7-12(16)13(11)20/h6-7,17,19-20H,2H2,1,3-5H3/b18-8+. The van der Waals surface area contributed by atoms with Gasteiger partial charge in [0.25, 0.3) is 0 Å². The number of rotatable bonds is 4. The van der Waals surface area contributed by atoms with Crippen LogP contribution in [0, 0.1) is 11.6 Å². The number of phenolic OH excluding ortho intramolecular Hbond substituents is 1. The predicted molar refractivity (Wildman–Crippen MR) is 75.4 cm³/mol. The van der Waals surface area contributed by atoms with Gasteiger partial charge in [-0.25, -0.2) is 8.78 Å². The molecular formula is C14H19F2N3O. The highest BCUT2D eigenvalue weighted by atomic mass is 19.1. The average molecular weight is 283 g/mol. The van der Waals surface area contributed by atoms with Crippen LogP contribution in [0.2, 0.25) is 0 Å². The summed E-state index contributed by atoms with van der Waals surface area (Å²) >= 11 is 0. The van der Waals surface area contributed by atoms with Crippen LogP contribution in [0.25, 0.3) is 0 Å². The number of halogens is 2. The zero-order valence-electron chi connectivity index (χ0n) is 12.0. The van der Waals surface area contributed by atoms with E-state index >= 15 is 0 Å². The Morgan fingerprint density at radius 3 is 2.45 bits per heavy atom. The van der Waals surface area contributed by atoms with E-state index < -0.39 is 17.4 Å². The fourth-order valence-electron chi connectivity index (χ4n) is 1.53. The monoisotopic (exact) mass is 283 g/mol. The van der Waals surface area contributed by atoms with Crippen molar-refractivity contribution in [3.05, 3.63) is 41.7 Å². The smallest absolute Gasteiger partial charge is 0.168 e. The Morgan fingerprint density at radius 1 is 1.30 bits per heavy atom. The van der Waals surface area contributed by atoms with Gasteiger partial charge < -0.3 is 10.4 Å². The maximum absolute atomic E-state index is 13.2. The molecule has 0 heterocycles. The number of nitrogens with zero attached hydrogens (tertiary/aromatic N) is 1. The lowest BCUT2D eigenvalue weighted by Crippen LogP contribution is -2.38. The van der Waals surface area contributed by atoms with Gasteiger partial charge in [0.15, 0.2) is 11.6 Å². The topological polar surface area (TPSA) is 56.7 Å². The summed E-state index contributed by atoms with van der Waals surface area (Å²) in [4.78, 5) is 0. The van der Waals surface area contributed by atoms with Gasteiger partial charge in [0.1, 0.15) is 11.6 Å². The molecule has 0 spiro atoms. The van der Waals surface area contributed by atoms with Crippen molar-refractivity contribution in [1.82, 2.24) is 10.7 Å². The minimum absolute atomic E-state index is 0.0152. The van der Waals surface area contributed by atoms with Crippen LogP contribution in [0.3, 0.4) is 0 Å². The van der Waals surface area contributed by atoms with Gasteiger partial charge in [0.2, 0.25) is 0 Å². The first-order valence-electron chi connectivity index (χ1n) is 6.06. The highest BCUT2D eigenvalue weighted by molar-refractivity contribution is 6.00. The van der Waals surface area contributed by atoms with Crippen molar-refractivity contribution in [3.63, 3.8) is 0 Å². The molecular weight excluding hydrogens is 264 g/mol. The minimum Gasteiger partial charge on any atom is -0.504 e. The quantitative estimate of drug-likeness (QED) is 0.588. The molecule has 0 unspecified atom stereocenters. The first-order chi connectivity index (χ1) is 9.10. The Morgan fingerprint density at radius 2 is 1.90 bits per heavy atom. The number of nitrogens with one attached hydrogen (secondary N) is 2. The maximum atomic E-state index is 13.2. The highest BCUT2D eigenvalue weighted by Gasteiger charge is 2.13. The summed E-state index contributed by atoms with van der Waals surface area (Å²) in [5.74, 6) is -2.00. The van der Waals surface area contributed by atoms with Crippen LogP contribution in [-0.2, 0) is 0 Å². The van der Waals surface area contributed by atoms with Crippen LogP contribution in [0.5, 0.6) is 5.75 Å². The maximum Gasteiger partial charge on any atom is 0.168 e. The van der Waals surface area contributed by atoms with E-state index in [2.05, 4.69) is 22.4 Å². The molecule has 1 aromatic carbocycles. The number of hydrogen-bond acceptors (Lipinski definition) is 4. The summed E-state index contributed by atoms with van der Waals surface area (Å²) in [7, 11) is 0. The molecule has 0 saturated carbocycles. The molecule has 4 nitrogen and oxygen atoms in total. The molecule has 0 radical (unpaired) electrons. The van der Waals surface area contributed by atoms with Gasteiger partial charge in [-0.3, -0.25) is 5.43 Å². The van der Waals surface area contributed by atoms with Crippen molar-refractivity contribution < 1.29 is 13.9 Å². The van der Waals surface area contributed by atoms with E-state index in [-0.39, 0.29) is 16.8 Å². The second-order valence-electron chi connectivity index (χ2n) is 5.45. The van der Waals surface area contributed by atoms with Gasteiger partial charge in [0.05, 0.1) is 5.71 Å². The molecule has 20 heavy (non-hydrogen) atoms. The molecule has 1 rings (SSSR count). The Kier molecular flexibility index (Phi) is 4.70. The fraction of sp³-hybridized carbons (Fsp3) is 0.357. The van der Waals surface area contributed by atoms with E-state index in [1.54, 1.807) is 0 Å². The van der Waals surface area contributed by atoms with Crippen molar-refractivity contribution in [2.45, 2.75) is 33.2 Å². The largest absolute Gasteiger partial charge is 0.504 e. The second-order valence-corrected chi connectivity index (χ2v) is 5.45. The number of phenols is 1. The Balaban J connectivity index is 2.88. The molecule has 0 fully saturated rings. The summed E-state index contributed by atoms with van der Waals surface area (Å²) in [6.45, 7) is 11.1. The van der Waals surface area contributed by atoms with Gasteiger partial charge in [-0.2, -0.15) is 5.10 Å². The second kappa shape index (κ2) is 5.90. The van der Waals surface area contributed by atoms with E-state index in [0.717, 1.165) is 6.07 Å². The van der Waals surface area contributed by atoms with E-state index in [4.69, 9.17) is 0 Å². The predicted octanol–water partition coefficient (Wildman–Crippen LogP) is 2.84. The molecule has 0 aliphatic carbocycles. The van der Waals surface area contributed by atoms with Crippen LogP contribution in [0.1, 0.15) is 33.3 Å². The number of aromatic hydroxyl groups is 1. The first kappa shape index (κ1) is 15.9. The third kappa shape index (κ3) is 4.53. The van der Waals surface area contributed by atoms with E-state index in [9.17, 15) is 13.9 Å². The van der Waals surface area contributed by atoms with Gasteiger partial charge in [-0.1, -0.05) is 6.58 Å². The summed E-state index contributed by atoms with van der Waals surface area (Å²) in [5.41, 5.74) is 2.65. The number of hydrogen-bond donors (Lipinski definition) is 3. The van der Waals surface area contributed by atoms with Crippen LogP contribution >= 0.6 is 0 Å². The Labute approximate surface area is 117 Å². The van der Waals surface area contributed by atoms with E-state index in [1.165, 1.54) is 6.92 Å². The average Bonchev–Trinajstić information content (AvgIpc) is 2.28. The highest BCUT2D eigenvalue weighted by Crippen LogP contribution is 2.23. The lowest BCUT2D eigenvalue weighted by atomic mass is 10.1. The van der Waals surface area contributed by atoms with Crippen LogP contribution in [0.4, 0.5) is 8.78 Å². The summed E-state index contributed by atoms with van der Waals surface area (Å²) < 4.78 is 26.4.